The molecule has 4 aliphatic heterocycles. The van der Waals surface area contributed by atoms with Gasteiger partial charge in [0.05, 0.1) is 52.9 Å². The van der Waals surface area contributed by atoms with Crippen LogP contribution in [0.5, 0.6) is 0 Å². The Morgan fingerprint density at radius 3 is 1.42 bits per heavy atom. The van der Waals surface area contributed by atoms with Gasteiger partial charge < -0.3 is 114 Å². The minimum atomic E-state index is -2.00. The van der Waals surface area contributed by atoms with E-state index in [1.165, 1.54) is 0 Å². The summed E-state index contributed by atoms with van der Waals surface area (Å²) in [7, 11) is 0. The maximum Gasteiger partial charge on any atom is 0.187 e. The Morgan fingerprint density at radius 1 is 0.434 bits per heavy atom. The summed E-state index contributed by atoms with van der Waals surface area (Å²) in [6, 6.07) is 0. The highest BCUT2D eigenvalue weighted by Gasteiger charge is 2.55. The zero-order chi connectivity index (χ0) is 39.0. The van der Waals surface area contributed by atoms with Gasteiger partial charge >= 0.3 is 0 Å². The topological polar surface area (TPSA) is 355 Å². The monoisotopic (exact) mass is 782 g/mol. The minimum absolute atomic E-state index is 0.132. The molecule has 0 bridgehead atoms. The van der Waals surface area contributed by atoms with Crippen LogP contribution in [-0.2, 0) is 47.4 Å². The van der Waals surface area contributed by atoms with Gasteiger partial charge in [0.15, 0.2) is 25.2 Å². The Kier molecular flexibility index (Phi) is 17.8. The highest BCUT2D eigenvalue weighted by molar-refractivity contribution is 4.98. The van der Waals surface area contributed by atoms with Gasteiger partial charge in [0.25, 0.3) is 0 Å². The zero-order valence-electron chi connectivity index (χ0n) is 28.8. The van der Waals surface area contributed by atoms with Gasteiger partial charge in [-0.2, -0.15) is 0 Å². The molecular weight excluding hydrogens is 728 g/mol. The number of hydrogen-bond acceptors (Lipinski definition) is 23. The van der Waals surface area contributed by atoms with E-state index in [0.29, 0.717) is 0 Å². The van der Waals surface area contributed by atoms with Crippen molar-refractivity contribution in [1.82, 2.24) is 0 Å². The third-order valence-corrected chi connectivity index (χ3v) is 9.25. The second kappa shape index (κ2) is 21.0. The van der Waals surface area contributed by atoms with Crippen LogP contribution >= 0.6 is 0 Å². The van der Waals surface area contributed by atoms with E-state index < -0.39 is 162 Å². The first kappa shape index (κ1) is 44.8. The first-order chi connectivity index (χ1) is 25.4. The lowest BCUT2D eigenvalue weighted by Gasteiger charge is -2.49. The molecule has 4 saturated heterocycles. The Labute approximate surface area is 303 Å². The highest BCUT2D eigenvalue weighted by atomic mass is 16.8. The van der Waals surface area contributed by atoms with Crippen molar-refractivity contribution < 1.29 is 114 Å². The van der Waals surface area contributed by atoms with Gasteiger partial charge in [0, 0.05) is 6.61 Å². The van der Waals surface area contributed by atoms with Crippen LogP contribution in [0.2, 0.25) is 0 Å². The molecule has 20 atom stereocenters. The Hall–Kier alpha value is -0.920. The minimum Gasteiger partial charge on any atom is -0.394 e. The van der Waals surface area contributed by atoms with Crippen LogP contribution in [0.1, 0.15) is 6.92 Å². The van der Waals surface area contributed by atoms with Gasteiger partial charge in [-0.25, -0.2) is 0 Å². The Morgan fingerprint density at radius 2 is 0.887 bits per heavy atom. The van der Waals surface area contributed by atoms with Gasteiger partial charge in [-0.05, 0) is 6.92 Å². The van der Waals surface area contributed by atoms with E-state index >= 15 is 0 Å². The molecule has 0 spiro atoms. The summed E-state index contributed by atoms with van der Waals surface area (Å²) in [5, 5.41) is 134. The van der Waals surface area contributed by atoms with Crippen molar-refractivity contribution in [3.05, 3.63) is 0 Å². The van der Waals surface area contributed by atoms with Crippen LogP contribution in [0, 0.1) is 0 Å². The lowest BCUT2D eigenvalue weighted by Crippen LogP contribution is -2.67. The van der Waals surface area contributed by atoms with Crippen molar-refractivity contribution in [3.8, 4) is 0 Å². The normalized spacial score (nSPS) is 46.8. The summed E-state index contributed by atoms with van der Waals surface area (Å²) in [5.41, 5.74) is 0. The summed E-state index contributed by atoms with van der Waals surface area (Å²) < 4.78 is 56.1. The summed E-state index contributed by atoms with van der Waals surface area (Å²) >= 11 is 0. The van der Waals surface area contributed by atoms with Crippen molar-refractivity contribution in [2.24, 2.45) is 0 Å². The van der Waals surface area contributed by atoms with Crippen LogP contribution in [-0.4, -0.2) is 249 Å². The van der Waals surface area contributed by atoms with Crippen molar-refractivity contribution in [3.63, 3.8) is 0 Å². The maximum absolute atomic E-state index is 11.2. The second-order valence-electron chi connectivity index (χ2n) is 12.8. The summed E-state index contributed by atoms with van der Waals surface area (Å²) in [6.45, 7) is -2.36. The number of rotatable bonds is 18. The highest BCUT2D eigenvalue weighted by Crippen LogP contribution is 2.35. The molecule has 12 unspecified atom stereocenters. The average molecular weight is 783 g/mol. The van der Waals surface area contributed by atoms with Crippen LogP contribution in [0.3, 0.4) is 0 Å². The molecule has 4 aliphatic rings. The smallest absolute Gasteiger partial charge is 0.187 e. The number of ether oxygens (including phenoxy) is 10. The number of aliphatic hydroxyl groups is 13. The third kappa shape index (κ3) is 10.3. The quantitative estimate of drug-likeness (QED) is 0.0574. The fraction of sp³-hybridized carbons (Fsp3) is 1.00. The summed E-state index contributed by atoms with van der Waals surface area (Å²) in [6.07, 6.45) is -32.9. The van der Waals surface area contributed by atoms with Crippen molar-refractivity contribution in [2.45, 2.75) is 130 Å². The van der Waals surface area contributed by atoms with Crippen LogP contribution in [0.15, 0.2) is 0 Å². The molecule has 4 rings (SSSR count). The zero-order valence-corrected chi connectivity index (χ0v) is 28.8. The molecule has 0 aromatic heterocycles. The molecule has 0 aliphatic carbocycles. The molecule has 23 nitrogen and oxygen atoms in total. The first-order valence-electron chi connectivity index (χ1n) is 17.2. The molecule has 0 saturated carbocycles. The van der Waals surface area contributed by atoms with Crippen molar-refractivity contribution >= 4 is 0 Å². The lowest BCUT2D eigenvalue weighted by atomic mass is 9.95. The van der Waals surface area contributed by atoms with E-state index in [4.69, 9.17) is 47.4 Å². The van der Waals surface area contributed by atoms with Crippen LogP contribution in [0.25, 0.3) is 0 Å². The van der Waals surface area contributed by atoms with E-state index in [-0.39, 0.29) is 19.8 Å². The van der Waals surface area contributed by atoms with Crippen LogP contribution in [0.4, 0.5) is 0 Å². The fourth-order valence-corrected chi connectivity index (χ4v) is 6.53. The molecule has 4 fully saturated rings. The van der Waals surface area contributed by atoms with Gasteiger partial charge in [-0.1, -0.05) is 0 Å². The molecular formula is C30H54O23. The SMILES string of the molecule is CCO[C@H]1C(CO)O[C@H](O[C@H]2C(CO)O[C@H](O[C@H]3C(COCCO)O[C@H](O[C@H]4C(CO)O[C@H](O)C(O)C4O)C(O)C3O)C(O)C2O)C(OCCO)C1O. The molecule has 53 heavy (non-hydrogen) atoms. The number of hydrogen-bond donors (Lipinski definition) is 13. The molecule has 0 amide bonds. The molecule has 4 heterocycles. The maximum atomic E-state index is 11.2. The standard InChI is InChI=1S/C30H54O23/c1-2-45-22-11(7-33)49-30(26(21(22)42)46-6-4-32)53-24-13(9-35)48-28(19(40)16(24)37)52-25-14(10-44-5-3-31)50-29(20(41)17(25)38)51-23-12(8-34)47-27(43)18(39)15(23)36/h11-43H,2-10H2,1H3/t11?,12?,13?,14?,15?,16?,17?,18?,19?,20?,21?,22-,23-,24-,25-,26?,27-,28+,29+,30+/m0/s1. The van der Waals surface area contributed by atoms with E-state index in [0.717, 1.165) is 0 Å². The third-order valence-electron chi connectivity index (χ3n) is 9.25. The molecule has 312 valence electrons. The van der Waals surface area contributed by atoms with Crippen LogP contribution < -0.4 is 0 Å². The van der Waals surface area contributed by atoms with Crippen molar-refractivity contribution in [2.75, 3.05) is 59.5 Å². The predicted octanol–water partition coefficient (Wildman–Crippen LogP) is -8.67. The molecule has 13 N–H and O–H groups in total. The Balaban J connectivity index is 1.50. The van der Waals surface area contributed by atoms with Gasteiger partial charge in [-0.3, -0.25) is 0 Å². The van der Waals surface area contributed by atoms with E-state index in [2.05, 4.69) is 0 Å². The van der Waals surface area contributed by atoms with E-state index in [1.807, 2.05) is 0 Å². The summed E-state index contributed by atoms with van der Waals surface area (Å²) in [4.78, 5) is 0. The predicted molar refractivity (Wildman–Crippen MR) is 165 cm³/mol. The molecule has 0 aromatic carbocycles. The fourth-order valence-electron chi connectivity index (χ4n) is 6.53. The second-order valence-corrected chi connectivity index (χ2v) is 12.8. The van der Waals surface area contributed by atoms with Gasteiger partial charge in [0.1, 0.15) is 97.7 Å². The lowest BCUT2D eigenvalue weighted by molar-refractivity contribution is -0.389. The largest absolute Gasteiger partial charge is 0.394 e. The first-order valence-corrected chi connectivity index (χ1v) is 17.2. The number of aliphatic hydroxyl groups excluding tert-OH is 13. The average Bonchev–Trinajstić information content (AvgIpc) is 3.15. The Bertz CT molecular complexity index is 1040. The molecule has 0 radical (unpaired) electrons. The molecule has 0 aromatic rings. The molecule has 23 heteroatoms. The van der Waals surface area contributed by atoms with Gasteiger partial charge in [-0.15, -0.1) is 0 Å². The van der Waals surface area contributed by atoms with Crippen molar-refractivity contribution in [1.29, 1.82) is 0 Å². The van der Waals surface area contributed by atoms with Gasteiger partial charge in [0.2, 0.25) is 0 Å². The summed E-state index contributed by atoms with van der Waals surface area (Å²) in [5.74, 6) is 0. The van der Waals surface area contributed by atoms with E-state index in [1.54, 1.807) is 6.92 Å². The van der Waals surface area contributed by atoms with E-state index in [9.17, 15) is 66.4 Å².